The lowest BCUT2D eigenvalue weighted by Gasteiger charge is -2.12. The van der Waals surface area contributed by atoms with Gasteiger partial charge in [0.1, 0.15) is 13.2 Å². The van der Waals surface area contributed by atoms with Gasteiger partial charge in [-0.25, -0.2) is 0 Å². The number of halogens is 2. The normalized spacial score (nSPS) is 12.8. The van der Waals surface area contributed by atoms with Gasteiger partial charge in [0, 0.05) is 11.4 Å². The molecular weight excluding hydrogens is 455 g/mol. The zero-order chi connectivity index (χ0) is 21.9. The molecule has 0 unspecified atom stereocenters. The quantitative estimate of drug-likeness (QED) is 0.385. The van der Waals surface area contributed by atoms with E-state index >= 15 is 0 Å². The van der Waals surface area contributed by atoms with Crippen LogP contribution in [-0.2, 0) is 13.2 Å². The molecule has 0 spiro atoms. The van der Waals surface area contributed by atoms with Gasteiger partial charge in [0.25, 0.3) is 0 Å². The summed E-state index contributed by atoms with van der Waals surface area (Å²) in [5.41, 5.74) is 3.16. The highest BCUT2D eigenvalue weighted by molar-refractivity contribution is 6.28. The molecule has 3 heterocycles. The summed E-state index contributed by atoms with van der Waals surface area (Å²) in [6.45, 7) is 0.462. The summed E-state index contributed by atoms with van der Waals surface area (Å²) in [6.07, 6.45) is 0. The third-order valence-corrected chi connectivity index (χ3v) is 4.62. The average molecular weight is 469 g/mol. The van der Waals surface area contributed by atoms with Gasteiger partial charge in [0.15, 0.2) is 0 Å². The van der Waals surface area contributed by atoms with Crippen molar-refractivity contribution < 1.29 is 9.47 Å². The van der Waals surface area contributed by atoms with E-state index in [1.165, 1.54) is 0 Å². The van der Waals surface area contributed by atoms with Crippen molar-refractivity contribution in [1.29, 1.82) is 0 Å². The van der Waals surface area contributed by atoms with Crippen molar-refractivity contribution in [2.45, 2.75) is 13.2 Å². The van der Waals surface area contributed by atoms with Gasteiger partial charge in [0.05, 0.1) is 0 Å². The van der Waals surface area contributed by atoms with E-state index in [0.29, 0.717) is 11.4 Å². The molecule has 32 heavy (non-hydrogen) atoms. The van der Waals surface area contributed by atoms with Gasteiger partial charge in [-0.15, -0.1) is 0 Å². The molecule has 5 rings (SSSR count). The molecule has 0 fully saturated rings. The van der Waals surface area contributed by atoms with Crippen LogP contribution in [0.2, 0.25) is 10.6 Å². The fourth-order valence-electron chi connectivity index (χ4n) is 2.94. The maximum Gasteiger partial charge on any atom is 0.322 e. The number of benzene rings is 2. The van der Waals surface area contributed by atoms with Crippen LogP contribution in [0.4, 0.5) is 23.3 Å². The molecule has 0 atom stereocenters. The Kier molecular flexibility index (Phi) is 5.53. The van der Waals surface area contributed by atoms with Crippen LogP contribution in [-0.4, -0.2) is 29.9 Å². The third kappa shape index (κ3) is 4.93. The molecule has 2 aromatic heterocycles. The highest BCUT2D eigenvalue weighted by Gasteiger charge is 2.11. The Morgan fingerprint density at radius 1 is 0.625 bits per heavy atom. The van der Waals surface area contributed by atoms with Gasteiger partial charge >= 0.3 is 12.0 Å². The molecule has 1 aliphatic rings. The SMILES string of the molecule is Clc1nc2nc(n1)OCc1cccc(c1)COc1nc(Cl)nc(n1)Nc1cccc(c1)N2. The van der Waals surface area contributed by atoms with Crippen LogP contribution in [0.15, 0.2) is 48.5 Å². The molecule has 4 aromatic rings. The zero-order valence-electron chi connectivity index (χ0n) is 16.3. The molecule has 0 saturated heterocycles. The summed E-state index contributed by atoms with van der Waals surface area (Å²) in [5.74, 6) is 0.483. The van der Waals surface area contributed by atoms with E-state index in [4.69, 9.17) is 32.7 Å². The maximum absolute atomic E-state index is 6.06. The first kappa shape index (κ1) is 20.2. The van der Waals surface area contributed by atoms with E-state index in [1.807, 2.05) is 48.5 Å². The Morgan fingerprint density at radius 3 is 1.66 bits per heavy atom. The predicted octanol–water partition coefficient (Wildman–Crippen LogP) is 4.32. The Hall–Kier alpha value is -3.76. The summed E-state index contributed by atoms with van der Waals surface area (Å²) < 4.78 is 11.5. The second kappa shape index (κ2) is 8.77. The molecule has 2 N–H and O–H groups in total. The van der Waals surface area contributed by atoms with Crippen LogP contribution in [0.5, 0.6) is 12.0 Å². The summed E-state index contributed by atoms with van der Waals surface area (Å²) in [7, 11) is 0. The number of ether oxygens (including phenoxy) is 2. The Bertz CT molecular complexity index is 1200. The fourth-order valence-corrected chi connectivity index (χ4v) is 3.25. The number of hydrogen-bond acceptors (Lipinski definition) is 10. The van der Waals surface area contributed by atoms with Crippen LogP contribution < -0.4 is 20.1 Å². The smallest absolute Gasteiger partial charge is 0.322 e. The van der Waals surface area contributed by atoms with Crippen LogP contribution in [0.3, 0.4) is 0 Å². The number of hydrogen-bond donors (Lipinski definition) is 2. The highest BCUT2D eigenvalue weighted by Crippen LogP contribution is 2.23. The maximum atomic E-state index is 6.06. The molecule has 0 saturated carbocycles. The summed E-state index contributed by atoms with van der Waals surface area (Å²) >= 11 is 12.1. The lowest BCUT2D eigenvalue weighted by Crippen LogP contribution is -2.07. The standard InChI is InChI=1S/C20H14Cl2N8O2/c21-15-25-17-23-13-5-2-6-14(8-13)24-18-26-16(22)28-20(30-18)32-10-12-4-1-3-11(7-12)9-31-19(27-15)29-17/h1-8H,9-10H2,(H,23,25,27,29)(H,24,26,28,30). The van der Waals surface area contributed by atoms with E-state index in [2.05, 4.69) is 40.5 Å². The van der Waals surface area contributed by atoms with Crippen molar-refractivity contribution in [2.24, 2.45) is 0 Å². The molecule has 0 radical (unpaired) electrons. The van der Waals surface area contributed by atoms with E-state index < -0.39 is 0 Å². The van der Waals surface area contributed by atoms with Gasteiger partial charge < -0.3 is 20.1 Å². The third-order valence-electron chi connectivity index (χ3n) is 4.28. The minimum Gasteiger partial charge on any atom is -0.458 e. The van der Waals surface area contributed by atoms with Crippen LogP contribution in [0.25, 0.3) is 0 Å². The average Bonchev–Trinajstić information content (AvgIpc) is 2.76. The zero-order valence-corrected chi connectivity index (χ0v) is 17.8. The van der Waals surface area contributed by atoms with Crippen molar-refractivity contribution in [3.05, 3.63) is 70.2 Å². The van der Waals surface area contributed by atoms with Gasteiger partial charge in [-0.1, -0.05) is 24.3 Å². The first-order valence-corrected chi connectivity index (χ1v) is 10.2. The number of nitrogens with one attached hydrogen (secondary N) is 2. The molecular formula is C20H14Cl2N8O2. The molecule has 8 bridgehead atoms. The minimum absolute atomic E-state index is 0.00990. The monoisotopic (exact) mass is 468 g/mol. The van der Waals surface area contributed by atoms with Crippen LogP contribution in [0, 0.1) is 0 Å². The summed E-state index contributed by atoms with van der Waals surface area (Å²) in [4.78, 5) is 24.9. The van der Waals surface area contributed by atoms with Crippen molar-refractivity contribution in [1.82, 2.24) is 29.9 Å². The second-order valence-electron chi connectivity index (χ2n) is 6.65. The van der Waals surface area contributed by atoms with Crippen LogP contribution >= 0.6 is 23.2 Å². The molecule has 12 heteroatoms. The summed E-state index contributed by atoms with van der Waals surface area (Å²) in [6, 6.07) is 15.2. The number of anilines is 4. The molecule has 1 aliphatic heterocycles. The molecule has 2 aromatic carbocycles. The van der Waals surface area contributed by atoms with E-state index in [0.717, 1.165) is 11.1 Å². The summed E-state index contributed by atoms with van der Waals surface area (Å²) in [5, 5.41) is 6.18. The predicted molar refractivity (Wildman–Crippen MR) is 118 cm³/mol. The Morgan fingerprint density at radius 2 is 1.12 bits per heavy atom. The van der Waals surface area contributed by atoms with Crippen molar-refractivity contribution in [3.63, 3.8) is 0 Å². The Labute approximate surface area is 192 Å². The lowest BCUT2D eigenvalue weighted by molar-refractivity contribution is 0.274. The first-order chi connectivity index (χ1) is 15.6. The lowest BCUT2D eigenvalue weighted by atomic mass is 10.1. The van der Waals surface area contributed by atoms with E-state index in [9.17, 15) is 0 Å². The molecule has 10 nitrogen and oxygen atoms in total. The molecule has 0 aliphatic carbocycles. The molecule has 0 amide bonds. The number of nitrogens with zero attached hydrogens (tertiary/aromatic N) is 6. The molecule has 160 valence electrons. The van der Waals surface area contributed by atoms with Gasteiger partial charge in [0.2, 0.25) is 22.5 Å². The van der Waals surface area contributed by atoms with Gasteiger partial charge in [-0.05, 0) is 58.6 Å². The number of rotatable bonds is 0. The first-order valence-electron chi connectivity index (χ1n) is 9.40. The topological polar surface area (TPSA) is 120 Å². The van der Waals surface area contributed by atoms with Crippen molar-refractivity contribution in [2.75, 3.05) is 10.6 Å². The van der Waals surface area contributed by atoms with E-state index in [-0.39, 0.29) is 47.7 Å². The highest BCUT2D eigenvalue weighted by atomic mass is 35.5. The van der Waals surface area contributed by atoms with Gasteiger partial charge in [-0.3, -0.25) is 0 Å². The number of fused-ring (bicyclic) bond motifs is 8. The van der Waals surface area contributed by atoms with Crippen LogP contribution in [0.1, 0.15) is 11.1 Å². The largest absolute Gasteiger partial charge is 0.458 e. The fraction of sp³-hybridized carbons (Fsp3) is 0.100. The second-order valence-corrected chi connectivity index (χ2v) is 7.33. The minimum atomic E-state index is 0.00990. The number of aromatic nitrogens is 6. The van der Waals surface area contributed by atoms with Crippen molar-refractivity contribution in [3.8, 4) is 12.0 Å². The van der Waals surface area contributed by atoms with E-state index in [1.54, 1.807) is 0 Å². The van der Waals surface area contributed by atoms with Gasteiger partial charge in [-0.2, -0.15) is 29.9 Å². The Balaban J connectivity index is 1.54. The van der Waals surface area contributed by atoms with Crippen molar-refractivity contribution >= 4 is 46.5 Å².